The highest BCUT2D eigenvalue weighted by Gasteiger charge is 2.24. The molecule has 0 saturated heterocycles. The fourth-order valence-corrected chi connectivity index (χ4v) is 2.87. The first kappa shape index (κ1) is 17.9. The molecule has 1 aromatic carbocycles. The fraction of sp³-hybridized carbons (Fsp3) is 0.462. The van der Waals surface area contributed by atoms with Crippen molar-refractivity contribution in [2.75, 3.05) is 27.7 Å². The van der Waals surface area contributed by atoms with E-state index in [2.05, 4.69) is 4.74 Å². The van der Waals surface area contributed by atoms with Crippen molar-refractivity contribution < 1.29 is 17.9 Å². The summed E-state index contributed by atoms with van der Waals surface area (Å²) < 4.78 is 31.4. The SMILES string of the molecule is COC(=O)CCN(C)S(=O)(=O)N(C)Cc1ccc(Cl)cc1. The monoisotopic (exact) mass is 334 g/mol. The zero-order chi connectivity index (χ0) is 16.0. The van der Waals surface area contributed by atoms with Crippen LogP contribution in [0.3, 0.4) is 0 Å². The number of hydrogen-bond acceptors (Lipinski definition) is 4. The predicted molar refractivity (Wildman–Crippen MR) is 81.1 cm³/mol. The average Bonchev–Trinajstić information content (AvgIpc) is 2.46. The van der Waals surface area contributed by atoms with E-state index in [0.717, 1.165) is 9.87 Å². The van der Waals surface area contributed by atoms with Gasteiger partial charge >= 0.3 is 5.97 Å². The number of ether oxygens (including phenoxy) is 1. The summed E-state index contributed by atoms with van der Waals surface area (Å²) in [6, 6.07) is 6.95. The quantitative estimate of drug-likeness (QED) is 0.709. The molecule has 8 heteroatoms. The number of nitrogens with zero attached hydrogens (tertiary/aromatic N) is 2. The summed E-state index contributed by atoms with van der Waals surface area (Å²) in [5, 5.41) is 0.597. The average molecular weight is 335 g/mol. The molecule has 0 N–H and O–H groups in total. The van der Waals surface area contributed by atoms with Crippen molar-refractivity contribution in [1.29, 1.82) is 0 Å². The molecule has 0 aromatic heterocycles. The maximum Gasteiger partial charge on any atom is 0.306 e. The van der Waals surface area contributed by atoms with Crippen molar-refractivity contribution in [2.45, 2.75) is 13.0 Å². The first-order valence-corrected chi connectivity index (χ1v) is 8.03. The number of carbonyl (C=O) groups is 1. The molecule has 6 nitrogen and oxygen atoms in total. The van der Waals surface area contributed by atoms with Crippen LogP contribution >= 0.6 is 11.6 Å². The van der Waals surface area contributed by atoms with Gasteiger partial charge in [0, 0.05) is 32.2 Å². The molecular weight excluding hydrogens is 316 g/mol. The Morgan fingerprint density at radius 3 is 2.29 bits per heavy atom. The van der Waals surface area contributed by atoms with E-state index in [1.54, 1.807) is 24.3 Å². The Morgan fingerprint density at radius 1 is 1.19 bits per heavy atom. The van der Waals surface area contributed by atoms with Crippen LogP contribution in [0.4, 0.5) is 0 Å². The highest BCUT2D eigenvalue weighted by Crippen LogP contribution is 2.14. The minimum Gasteiger partial charge on any atom is -0.469 e. The fourth-order valence-electron chi connectivity index (χ4n) is 1.63. The zero-order valence-corrected chi connectivity index (χ0v) is 13.8. The Hall–Kier alpha value is -1.15. The van der Waals surface area contributed by atoms with Crippen LogP contribution in [0.25, 0.3) is 0 Å². The van der Waals surface area contributed by atoms with Gasteiger partial charge in [0.25, 0.3) is 10.2 Å². The summed E-state index contributed by atoms with van der Waals surface area (Å²) in [7, 11) is 0.554. The molecule has 0 bridgehead atoms. The summed E-state index contributed by atoms with van der Waals surface area (Å²) >= 11 is 5.79. The van der Waals surface area contributed by atoms with E-state index in [9.17, 15) is 13.2 Å². The number of methoxy groups -OCH3 is 1. The van der Waals surface area contributed by atoms with Crippen LogP contribution in [0.5, 0.6) is 0 Å². The molecule has 0 amide bonds. The summed E-state index contributed by atoms with van der Waals surface area (Å²) in [5.41, 5.74) is 0.826. The molecule has 0 radical (unpaired) electrons. The van der Waals surface area contributed by atoms with Crippen LogP contribution < -0.4 is 0 Å². The van der Waals surface area contributed by atoms with E-state index >= 15 is 0 Å². The third-order valence-corrected chi connectivity index (χ3v) is 5.10. The van der Waals surface area contributed by atoms with E-state index in [4.69, 9.17) is 11.6 Å². The Bertz CT molecular complexity index is 574. The highest BCUT2D eigenvalue weighted by atomic mass is 35.5. The van der Waals surface area contributed by atoms with Gasteiger partial charge in [-0.05, 0) is 17.7 Å². The molecule has 0 aliphatic rings. The first-order valence-electron chi connectivity index (χ1n) is 6.26. The molecule has 0 unspecified atom stereocenters. The third kappa shape index (κ3) is 5.28. The number of carbonyl (C=O) groups excluding carboxylic acids is 1. The number of esters is 1. The second kappa shape index (κ2) is 7.74. The van der Waals surface area contributed by atoms with Gasteiger partial charge < -0.3 is 4.74 Å². The van der Waals surface area contributed by atoms with E-state index < -0.39 is 16.2 Å². The lowest BCUT2D eigenvalue weighted by molar-refractivity contribution is -0.140. The molecule has 0 fully saturated rings. The summed E-state index contributed by atoms with van der Waals surface area (Å²) in [6.07, 6.45) is 0.0149. The van der Waals surface area contributed by atoms with Crippen molar-refractivity contribution in [2.24, 2.45) is 0 Å². The first-order chi connectivity index (χ1) is 9.77. The van der Waals surface area contributed by atoms with E-state index in [1.165, 1.54) is 25.5 Å². The Kier molecular flexibility index (Phi) is 6.60. The van der Waals surface area contributed by atoms with Gasteiger partial charge in [0.05, 0.1) is 13.5 Å². The predicted octanol–water partition coefficient (Wildman–Crippen LogP) is 1.51. The van der Waals surface area contributed by atoms with Crippen LogP contribution in [0.2, 0.25) is 5.02 Å². The normalized spacial score (nSPS) is 11.9. The van der Waals surface area contributed by atoms with Crippen molar-refractivity contribution in [1.82, 2.24) is 8.61 Å². The molecule has 0 saturated carbocycles. The van der Waals surface area contributed by atoms with Gasteiger partial charge in [-0.3, -0.25) is 4.79 Å². The minimum atomic E-state index is -3.63. The molecule has 0 aliphatic heterocycles. The van der Waals surface area contributed by atoms with E-state index in [1.807, 2.05) is 0 Å². The molecule has 1 aromatic rings. The Morgan fingerprint density at radius 2 is 1.76 bits per heavy atom. The van der Waals surface area contributed by atoms with Gasteiger partial charge in [-0.1, -0.05) is 23.7 Å². The van der Waals surface area contributed by atoms with Crippen LogP contribution in [0, 0.1) is 0 Å². The number of hydrogen-bond donors (Lipinski definition) is 0. The molecule has 0 atom stereocenters. The van der Waals surface area contributed by atoms with Crippen LogP contribution in [0.15, 0.2) is 24.3 Å². The van der Waals surface area contributed by atoms with Crippen LogP contribution in [0.1, 0.15) is 12.0 Å². The topological polar surface area (TPSA) is 66.9 Å². The van der Waals surface area contributed by atoms with Gasteiger partial charge in [-0.25, -0.2) is 0 Å². The smallest absolute Gasteiger partial charge is 0.306 e. The van der Waals surface area contributed by atoms with Crippen LogP contribution in [-0.2, 0) is 26.3 Å². The lowest BCUT2D eigenvalue weighted by atomic mass is 10.2. The lowest BCUT2D eigenvalue weighted by Gasteiger charge is -2.24. The third-order valence-electron chi connectivity index (χ3n) is 2.96. The molecule has 0 heterocycles. The zero-order valence-electron chi connectivity index (χ0n) is 12.2. The highest BCUT2D eigenvalue weighted by molar-refractivity contribution is 7.86. The van der Waals surface area contributed by atoms with Gasteiger partial charge in [0.15, 0.2) is 0 Å². The van der Waals surface area contributed by atoms with Crippen molar-refractivity contribution >= 4 is 27.8 Å². The maximum atomic E-state index is 12.3. The maximum absolute atomic E-state index is 12.3. The molecule has 0 aliphatic carbocycles. The second-order valence-electron chi connectivity index (χ2n) is 4.54. The standard InChI is InChI=1S/C13H19ClN2O4S/c1-15(9-8-13(17)20-3)21(18,19)16(2)10-11-4-6-12(14)7-5-11/h4-7H,8-10H2,1-3H3. The largest absolute Gasteiger partial charge is 0.469 e. The summed E-state index contributed by atoms with van der Waals surface area (Å²) in [5.74, 6) is -0.447. The summed E-state index contributed by atoms with van der Waals surface area (Å²) in [4.78, 5) is 11.1. The van der Waals surface area contributed by atoms with E-state index in [-0.39, 0.29) is 19.5 Å². The lowest BCUT2D eigenvalue weighted by Crippen LogP contribution is -2.40. The van der Waals surface area contributed by atoms with Crippen molar-refractivity contribution in [3.05, 3.63) is 34.9 Å². The van der Waals surface area contributed by atoms with Gasteiger partial charge in [-0.2, -0.15) is 17.0 Å². The number of rotatable bonds is 7. The van der Waals surface area contributed by atoms with Gasteiger partial charge in [0.1, 0.15) is 0 Å². The number of halogens is 1. The van der Waals surface area contributed by atoms with Crippen molar-refractivity contribution in [3.8, 4) is 0 Å². The summed E-state index contributed by atoms with van der Waals surface area (Å²) in [6.45, 7) is 0.294. The van der Waals surface area contributed by atoms with Crippen molar-refractivity contribution in [3.63, 3.8) is 0 Å². The molecule has 21 heavy (non-hydrogen) atoms. The molecular formula is C13H19ClN2O4S. The van der Waals surface area contributed by atoms with Gasteiger partial charge in [0.2, 0.25) is 0 Å². The second-order valence-corrected chi connectivity index (χ2v) is 7.12. The van der Waals surface area contributed by atoms with Gasteiger partial charge in [-0.15, -0.1) is 0 Å². The Balaban J connectivity index is 2.67. The molecule has 1 rings (SSSR count). The van der Waals surface area contributed by atoms with Crippen LogP contribution in [-0.4, -0.2) is 50.7 Å². The number of benzene rings is 1. The molecule has 0 spiro atoms. The molecule has 118 valence electrons. The minimum absolute atomic E-state index is 0.0149. The Labute approximate surface area is 130 Å². The van der Waals surface area contributed by atoms with E-state index in [0.29, 0.717) is 5.02 Å².